The second-order valence-electron chi connectivity index (χ2n) is 11.9. The molecule has 0 unspecified atom stereocenters. The minimum absolute atomic E-state index is 0.0210. The van der Waals surface area contributed by atoms with E-state index >= 15 is 0 Å². The van der Waals surface area contributed by atoms with E-state index in [1.54, 1.807) is 7.11 Å². The molecule has 0 saturated carbocycles. The minimum Gasteiger partial charge on any atom is -0.497 e. The standard InChI is InChI=1S/C33H42F3N3O4/c1-42-25-5-6-28-26(19-25)31(23(20-38-28)21-39-13-15-43-16-14-39)29(40)7-8-33(9-11-37-12-10-33)30(41)4-2-3-22-17-24(34)18-27(35)32(22)36/h5-6,17-20,29-30,37,40-41H,2-4,7-16,21H2,1H3/t29-,30+/m1/s1. The summed E-state index contributed by atoms with van der Waals surface area (Å²) < 4.78 is 52.5. The quantitative estimate of drug-likeness (QED) is 0.250. The molecule has 43 heavy (non-hydrogen) atoms. The van der Waals surface area contributed by atoms with Gasteiger partial charge in [0, 0.05) is 37.3 Å². The molecular weight excluding hydrogens is 559 g/mol. The van der Waals surface area contributed by atoms with Crippen LogP contribution in [0.4, 0.5) is 13.2 Å². The number of halogens is 3. The molecule has 3 aromatic rings. The van der Waals surface area contributed by atoms with Crippen LogP contribution in [0.2, 0.25) is 0 Å². The van der Waals surface area contributed by atoms with E-state index in [9.17, 15) is 23.4 Å². The molecule has 0 amide bonds. The van der Waals surface area contributed by atoms with Gasteiger partial charge in [-0.15, -0.1) is 0 Å². The predicted molar refractivity (Wildman–Crippen MR) is 158 cm³/mol. The number of aliphatic hydroxyl groups is 2. The van der Waals surface area contributed by atoms with E-state index in [-0.39, 0.29) is 12.0 Å². The minimum atomic E-state index is -1.20. The third kappa shape index (κ3) is 7.49. The summed E-state index contributed by atoms with van der Waals surface area (Å²) >= 11 is 0. The first-order chi connectivity index (χ1) is 20.8. The zero-order valence-corrected chi connectivity index (χ0v) is 24.8. The molecule has 2 aliphatic heterocycles. The highest BCUT2D eigenvalue weighted by Gasteiger charge is 2.39. The number of morpholine rings is 1. The number of methoxy groups -OCH3 is 1. The van der Waals surface area contributed by atoms with Crippen molar-refractivity contribution in [3.8, 4) is 5.75 Å². The second kappa shape index (κ2) is 14.3. The molecule has 2 aliphatic rings. The van der Waals surface area contributed by atoms with Crippen molar-refractivity contribution in [1.82, 2.24) is 15.2 Å². The first-order valence-corrected chi connectivity index (χ1v) is 15.3. The molecule has 0 bridgehead atoms. The molecular formula is C33H42F3N3O4. The number of nitrogens with zero attached hydrogens (tertiary/aromatic N) is 2. The number of piperidine rings is 1. The Morgan fingerprint density at radius 3 is 2.56 bits per heavy atom. The number of nitrogens with one attached hydrogen (secondary N) is 1. The van der Waals surface area contributed by atoms with Crippen LogP contribution >= 0.6 is 0 Å². The summed E-state index contributed by atoms with van der Waals surface area (Å²) in [5.74, 6) is -2.36. The lowest BCUT2D eigenvalue weighted by molar-refractivity contribution is -0.0210. The van der Waals surface area contributed by atoms with E-state index in [1.165, 1.54) is 0 Å². The number of rotatable bonds is 12. The van der Waals surface area contributed by atoms with Gasteiger partial charge in [0.1, 0.15) is 11.6 Å². The fraction of sp³-hybridized carbons (Fsp3) is 0.545. The lowest BCUT2D eigenvalue weighted by atomic mass is 9.69. The zero-order chi connectivity index (χ0) is 30.4. The average molecular weight is 602 g/mol. The van der Waals surface area contributed by atoms with Gasteiger partial charge in [-0.1, -0.05) is 0 Å². The third-order valence-corrected chi connectivity index (χ3v) is 9.24. The van der Waals surface area contributed by atoms with E-state index in [2.05, 4.69) is 15.2 Å². The molecule has 10 heteroatoms. The number of hydrogen-bond donors (Lipinski definition) is 3. The highest BCUT2D eigenvalue weighted by atomic mass is 19.2. The molecule has 1 aromatic heterocycles. The average Bonchev–Trinajstić information content (AvgIpc) is 3.02. The van der Waals surface area contributed by atoms with Gasteiger partial charge in [0.2, 0.25) is 0 Å². The van der Waals surface area contributed by atoms with Crippen LogP contribution in [0, 0.1) is 22.9 Å². The van der Waals surface area contributed by atoms with E-state index in [0.29, 0.717) is 57.3 Å². The van der Waals surface area contributed by atoms with E-state index in [4.69, 9.17) is 9.47 Å². The van der Waals surface area contributed by atoms with Gasteiger partial charge >= 0.3 is 0 Å². The van der Waals surface area contributed by atoms with Crippen molar-refractivity contribution in [2.75, 3.05) is 46.5 Å². The summed E-state index contributed by atoms with van der Waals surface area (Å²) in [7, 11) is 1.61. The van der Waals surface area contributed by atoms with E-state index < -0.39 is 35.1 Å². The van der Waals surface area contributed by atoms with Gasteiger partial charge in [0.15, 0.2) is 11.6 Å². The van der Waals surface area contributed by atoms with Crippen LogP contribution in [0.15, 0.2) is 36.5 Å². The molecule has 5 rings (SSSR count). The second-order valence-corrected chi connectivity index (χ2v) is 11.9. The Morgan fingerprint density at radius 2 is 1.81 bits per heavy atom. The number of aromatic nitrogens is 1. The van der Waals surface area contributed by atoms with Crippen molar-refractivity contribution >= 4 is 10.9 Å². The number of aliphatic hydroxyl groups excluding tert-OH is 2. The molecule has 3 heterocycles. The number of ether oxygens (including phenoxy) is 2. The van der Waals surface area contributed by atoms with Gasteiger partial charge < -0.3 is 25.0 Å². The summed E-state index contributed by atoms with van der Waals surface area (Å²) in [6, 6.07) is 7.24. The van der Waals surface area contributed by atoms with E-state index in [1.807, 2.05) is 24.4 Å². The largest absolute Gasteiger partial charge is 0.497 e. The van der Waals surface area contributed by atoms with Gasteiger partial charge in [0.05, 0.1) is 38.0 Å². The van der Waals surface area contributed by atoms with Crippen molar-refractivity contribution in [1.29, 1.82) is 0 Å². The van der Waals surface area contributed by atoms with Crippen LogP contribution < -0.4 is 10.1 Å². The van der Waals surface area contributed by atoms with Crippen molar-refractivity contribution in [3.63, 3.8) is 0 Å². The van der Waals surface area contributed by atoms with Crippen molar-refractivity contribution in [3.05, 3.63) is 70.7 Å². The van der Waals surface area contributed by atoms with Crippen molar-refractivity contribution < 1.29 is 32.9 Å². The molecule has 0 spiro atoms. The maximum Gasteiger partial charge on any atom is 0.162 e. The number of pyridine rings is 1. The first-order valence-electron chi connectivity index (χ1n) is 15.3. The number of hydrogen-bond acceptors (Lipinski definition) is 7. The molecule has 0 aliphatic carbocycles. The molecule has 2 aromatic carbocycles. The molecule has 2 fully saturated rings. The molecule has 7 nitrogen and oxygen atoms in total. The number of benzene rings is 2. The van der Waals surface area contributed by atoms with Gasteiger partial charge in [-0.25, -0.2) is 13.2 Å². The number of fused-ring (bicyclic) bond motifs is 1. The van der Waals surface area contributed by atoms with Gasteiger partial charge in [-0.3, -0.25) is 9.88 Å². The third-order valence-electron chi connectivity index (χ3n) is 9.24. The van der Waals surface area contributed by atoms with Crippen LogP contribution in [0.5, 0.6) is 5.75 Å². The Hall–Kier alpha value is -2.76. The Balaban J connectivity index is 1.34. The fourth-order valence-corrected chi connectivity index (χ4v) is 6.71. The van der Waals surface area contributed by atoms with Gasteiger partial charge in [-0.2, -0.15) is 0 Å². The molecule has 2 saturated heterocycles. The Labute approximate surface area is 251 Å². The number of aryl methyl sites for hydroxylation is 1. The van der Waals surface area contributed by atoms with Crippen LogP contribution in [-0.2, 0) is 17.7 Å². The highest BCUT2D eigenvalue weighted by molar-refractivity contribution is 5.85. The van der Waals surface area contributed by atoms with Crippen LogP contribution in [0.1, 0.15) is 61.3 Å². The first kappa shape index (κ1) is 31.7. The zero-order valence-electron chi connectivity index (χ0n) is 24.8. The van der Waals surface area contributed by atoms with Crippen molar-refractivity contribution in [2.45, 2.75) is 63.7 Å². The smallest absolute Gasteiger partial charge is 0.162 e. The van der Waals surface area contributed by atoms with Gasteiger partial charge in [0.25, 0.3) is 0 Å². The summed E-state index contributed by atoms with van der Waals surface area (Å²) in [6.07, 6.45) is 3.73. The summed E-state index contributed by atoms with van der Waals surface area (Å²) in [4.78, 5) is 6.99. The topological polar surface area (TPSA) is 87.1 Å². The maximum absolute atomic E-state index is 14.2. The van der Waals surface area contributed by atoms with Crippen LogP contribution in [0.3, 0.4) is 0 Å². The highest BCUT2D eigenvalue weighted by Crippen LogP contribution is 2.43. The van der Waals surface area contributed by atoms with E-state index in [0.717, 1.165) is 67.1 Å². The van der Waals surface area contributed by atoms with Gasteiger partial charge in [-0.05, 0) is 104 Å². The van der Waals surface area contributed by atoms with Crippen LogP contribution in [0.25, 0.3) is 10.9 Å². The lowest BCUT2D eigenvalue weighted by Crippen LogP contribution is -2.44. The Bertz CT molecular complexity index is 1380. The molecule has 0 radical (unpaired) electrons. The maximum atomic E-state index is 14.2. The Kier molecular flexibility index (Phi) is 10.6. The molecule has 2 atom stereocenters. The normalized spacial score (nSPS) is 18.9. The summed E-state index contributed by atoms with van der Waals surface area (Å²) in [6.45, 7) is 5.08. The molecule has 234 valence electrons. The lowest BCUT2D eigenvalue weighted by Gasteiger charge is -2.42. The SMILES string of the molecule is COc1ccc2ncc(CN3CCOCC3)c([C@H](O)CCC3([C@@H](O)CCCc4cc(F)cc(F)c4F)CCNCC3)c2c1. The predicted octanol–water partition coefficient (Wildman–Crippen LogP) is 5.06. The summed E-state index contributed by atoms with van der Waals surface area (Å²) in [5, 5.41) is 27.5. The van der Waals surface area contributed by atoms with Crippen LogP contribution in [-0.4, -0.2) is 72.7 Å². The van der Waals surface area contributed by atoms with Crippen molar-refractivity contribution in [2.24, 2.45) is 5.41 Å². The Morgan fingerprint density at radius 1 is 1.05 bits per heavy atom. The fourth-order valence-electron chi connectivity index (χ4n) is 6.71. The summed E-state index contributed by atoms with van der Waals surface area (Å²) in [5.41, 5.74) is 2.10. The molecule has 3 N–H and O–H groups in total. The monoisotopic (exact) mass is 601 g/mol.